The van der Waals surface area contributed by atoms with Crippen LogP contribution in [0.15, 0.2) is 59.7 Å². The number of H-pyrrole nitrogens is 2. The van der Waals surface area contributed by atoms with Crippen molar-refractivity contribution >= 4 is 16.7 Å². The van der Waals surface area contributed by atoms with E-state index >= 15 is 0 Å². The van der Waals surface area contributed by atoms with Crippen molar-refractivity contribution < 1.29 is 9.90 Å². The number of aryl methyl sites for hydroxylation is 1. The average Bonchev–Trinajstić information content (AvgIpc) is 3.13. The highest BCUT2D eigenvalue weighted by atomic mass is 16.3. The predicted octanol–water partition coefficient (Wildman–Crippen LogP) is 3.22. The Balaban J connectivity index is 1.51. The molecule has 0 aliphatic rings. The molecule has 0 aliphatic carbocycles. The lowest BCUT2D eigenvalue weighted by Gasteiger charge is -2.06. The Morgan fingerprint density at radius 3 is 2.75 bits per heavy atom. The molecule has 0 spiro atoms. The Morgan fingerprint density at radius 1 is 1.11 bits per heavy atom. The summed E-state index contributed by atoms with van der Waals surface area (Å²) in [5.74, 6) is -0.874. The molecule has 0 radical (unpaired) electrons. The lowest BCUT2D eigenvalue weighted by Crippen LogP contribution is -2.16. The fraction of sp³-hybridized carbons (Fsp3) is 0.143. The number of benzene rings is 1. The van der Waals surface area contributed by atoms with Gasteiger partial charge in [0.05, 0.1) is 0 Å². The van der Waals surface area contributed by atoms with Crippen LogP contribution in [0, 0.1) is 0 Å². The number of rotatable bonds is 6. The maximum Gasteiger partial charge on any atom is 0.294 e. The van der Waals surface area contributed by atoms with Gasteiger partial charge in [0.15, 0.2) is 17.3 Å². The molecule has 0 fully saturated rings. The van der Waals surface area contributed by atoms with E-state index in [1.54, 1.807) is 24.4 Å². The lowest BCUT2D eigenvalue weighted by molar-refractivity contribution is 0.0972. The van der Waals surface area contributed by atoms with Gasteiger partial charge in [0, 0.05) is 29.7 Å². The van der Waals surface area contributed by atoms with Crippen LogP contribution in [-0.4, -0.2) is 30.8 Å². The number of ketones is 1. The quantitative estimate of drug-likeness (QED) is 0.449. The third-order valence-electron chi connectivity index (χ3n) is 4.59. The minimum Gasteiger partial charge on any atom is -0.501 e. The van der Waals surface area contributed by atoms with Crippen molar-refractivity contribution in [3.05, 3.63) is 76.5 Å². The highest BCUT2D eigenvalue weighted by Gasteiger charge is 2.18. The molecule has 0 amide bonds. The SMILES string of the molecule is O=C(CCCc1c[nH]c2ccccc12)c1nc(-c2ccccn2)[nH]c(=O)c1O. The third-order valence-corrected chi connectivity index (χ3v) is 4.59. The number of aromatic nitrogens is 4. The summed E-state index contributed by atoms with van der Waals surface area (Å²) in [5, 5.41) is 11.1. The molecule has 0 saturated carbocycles. The molecule has 0 atom stereocenters. The van der Waals surface area contributed by atoms with E-state index in [9.17, 15) is 14.7 Å². The van der Waals surface area contributed by atoms with Crippen LogP contribution in [0.4, 0.5) is 0 Å². The Kier molecular flexibility index (Phi) is 4.72. The predicted molar refractivity (Wildman–Crippen MR) is 105 cm³/mol. The van der Waals surface area contributed by atoms with Crippen molar-refractivity contribution in [1.82, 2.24) is 19.9 Å². The summed E-state index contributed by atoms with van der Waals surface area (Å²) in [4.78, 5) is 38.5. The van der Waals surface area contributed by atoms with E-state index in [2.05, 4.69) is 19.9 Å². The summed E-state index contributed by atoms with van der Waals surface area (Å²) in [6.45, 7) is 0. The number of nitrogens with one attached hydrogen (secondary N) is 2. The molecule has 3 aromatic heterocycles. The standard InChI is InChI=1S/C21H18N4O3/c26-17(10-5-6-13-12-23-15-8-2-1-7-14(13)15)18-19(27)21(28)25-20(24-18)16-9-3-4-11-22-16/h1-4,7-9,11-12,23,27H,5-6,10H2,(H,24,25,28). The van der Waals surface area contributed by atoms with Gasteiger partial charge in [0.2, 0.25) is 5.75 Å². The van der Waals surface area contributed by atoms with Crippen molar-refractivity contribution in [2.24, 2.45) is 0 Å². The van der Waals surface area contributed by atoms with Crippen molar-refractivity contribution in [2.45, 2.75) is 19.3 Å². The molecule has 4 aromatic rings. The number of hydrogen-bond donors (Lipinski definition) is 3. The zero-order chi connectivity index (χ0) is 19.5. The highest BCUT2D eigenvalue weighted by molar-refractivity contribution is 5.96. The maximum atomic E-state index is 12.6. The molecule has 0 saturated heterocycles. The van der Waals surface area contributed by atoms with Gasteiger partial charge in [0.1, 0.15) is 5.69 Å². The van der Waals surface area contributed by atoms with Crippen LogP contribution in [0.1, 0.15) is 28.9 Å². The van der Waals surface area contributed by atoms with E-state index in [4.69, 9.17) is 0 Å². The average molecular weight is 374 g/mol. The number of aromatic amines is 2. The van der Waals surface area contributed by atoms with Crippen LogP contribution in [0.3, 0.4) is 0 Å². The molecular formula is C21H18N4O3. The van der Waals surface area contributed by atoms with E-state index in [1.165, 1.54) is 0 Å². The van der Waals surface area contributed by atoms with Gasteiger partial charge in [-0.2, -0.15) is 0 Å². The zero-order valence-electron chi connectivity index (χ0n) is 15.0. The first-order valence-corrected chi connectivity index (χ1v) is 8.96. The molecule has 3 heterocycles. The van der Waals surface area contributed by atoms with Crippen LogP contribution in [0.2, 0.25) is 0 Å². The molecule has 0 bridgehead atoms. The summed E-state index contributed by atoms with van der Waals surface area (Å²) < 4.78 is 0. The van der Waals surface area contributed by atoms with Crippen LogP contribution < -0.4 is 5.56 Å². The van der Waals surface area contributed by atoms with Gasteiger partial charge in [-0.15, -0.1) is 0 Å². The minimum absolute atomic E-state index is 0.156. The van der Waals surface area contributed by atoms with Gasteiger partial charge in [-0.3, -0.25) is 14.6 Å². The topological polar surface area (TPSA) is 112 Å². The molecule has 0 unspecified atom stereocenters. The van der Waals surface area contributed by atoms with Crippen LogP contribution in [0.5, 0.6) is 5.75 Å². The molecule has 7 nitrogen and oxygen atoms in total. The molecule has 7 heteroatoms. The van der Waals surface area contributed by atoms with Crippen LogP contribution in [-0.2, 0) is 6.42 Å². The molecule has 3 N–H and O–H groups in total. The van der Waals surface area contributed by atoms with E-state index < -0.39 is 11.3 Å². The first kappa shape index (κ1) is 17.7. The van der Waals surface area contributed by atoms with Crippen LogP contribution in [0.25, 0.3) is 22.4 Å². The van der Waals surface area contributed by atoms with Gasteiger partial charge in [-0.1, -0.05) is 24.3 Å². The number of fused-ring (bicyclic) bond motifs is 1. The molecule has 1 aromatic carbocycles. The number of nitrogens with zero attached hydrogens (tertiary/aromatic N) is 2. The van der Waals surface area contributed by atoms with Crippen molar-refractivity contribution in [3.8, 4) is 17.3 Å². The number of carbonyl (C=O) groups is 1. The second-order valence-corrected chi connectivity index (χ2v) is 6.46. The monoisotopic (exact) mass is 374 g/mol. The summed E-state index contributed by atoms with van der Waals surface area (Å²) in [7, 11) is 0. The molecule has 4 rings (SSSR count). The summed E-state index contributed by atoms with van der Waals surface area (Å²) in [6, 6.07) is 13.1. The molecule has 140 valence electrons. The molecule has 0 aliphatic heterocycles. The van der Waals surface area contributed by atoms with Gasteiger partial charge in [-0.25, -0.2) is 4.98 Å². The summed E-state index contributed by atoms with van der Waals surface area (Å²) >= 11 is 0. The normalized spacial score (nSPS) is 11.0. The lowest BCUT2D eigenvalue weighted by atomic mass is 10.0. The van der Waals surface area contributed by atoms with E-state index in [1.807, 2.05) is 30.5 Å². The Bertz CT molecular complexity index is 1200. The smallest absolute Gasteiger partial charge is 0.294 e. The number of para-hydroxylation sites is 1. The first-order chi connectivity index (χ1) is 13.6. The largest absolute Gasteiger partial charge is 0.501 e. The van der Waals surface area contributed by atoms with Gasteiger partial charge in [-0.05, 0) is 36.6 Å². The summed E-state index contributed by atoms with van der Waals surface area (Å²) in [6.07, 6.45) is 4.95. The van der Waals surface area contributed by atoms with Crippen molar-refractivity contribution in [2.75, 3.05) is 0 Å². The van der Waals surface area contributed by atoms with E-state index in [0.717, 1.165) is 16.5 Å². The second kappa shape index (κ2) is 7.48. The number of pyridine rings is 1. The van der Waals surface area contributed by atoms with Gasteiger partial charge >= 0.3 is 0 Å². The van der Waals surface area contributed by atoms with E-state index in [-0.39, 0.29) is 23.7 Å². The van der Waals surface area contributed by atoms with Crippen LogP contribution >= 0.6 is 0 Å². The summed E-state index contributed by atoms with van der Waals surface area (Å²) in [5.41, 5.74) is 1.63. The maximum absolute atomic E-state index is 12.6. The highest BCUT2D eigenvalue weighted by Crippen LogP contribution is 2.21. The number of aromatic hydroxyl groups is 1. The fourth-order valence-electron chi connectivity index (χ4n) is 3.18. The minimum atomic E-state index is -0.754. The number of Topliss-reactive ketones (excluding diaryl/α,β-unsaturated/α-hetero) is 1. The Morgan fingerprint density at radius 2 is 1.93 bits per heavy atom. The van der Waals surface area contributed by atoms with Crippen molar-refractivity contribution in [3.63, 3.8) is 0 Å². The van der Waals surface area contributed by atoms with Gasteiger partial charge in [0.25, 0.3) is 5.56 Å². The van der Waals surface area contributed by atoms with E-state index in [0.29, 0.717) is 18.5 Å². The first-order valence-electron chi connectivity index (χ1n) is 8.96. The number of hydrogen-bond acceptors (Lipinski definition) is 5. The van der Waals surface area contributed by atoms with Gasteiger partial charge < -0.3 is 15.1 Å². The Hall–Kier alpha value is -3.74. The molecule has 28 heavy (non-hydrogen) atoms. The zero-order valence-corrected chi connectivity index (χ0v) is 15.0. The Labute approximate surface area is 160 Å². The third kappa shape index (κ3) is 3.42. The second-order valence-electron chi connectivity index (χ2n) is 6.46. The van der Waals surface area contributed by atoms with Crippen molar-refractivity contribution in [1.29, 1.82) is 0 Å². The number of carbonyl (C=O) groups excluding carboxylic acids is 1. The fourth-order valence-corrected chi connectivity index (χ4v) is 3.18. The molecular weight excluding hydrogens is 356 g/mol.